The Morgan fingerprint density at radius 1 is 1.30 bits per heavy atom. The van der Waals surface area contributed by atoms with Crippen LogP contribution in [0.3, 0.4) is 0 Å². The Bertz CT molecular complexity index is 590. The molecule has 0 radical (unpaired) electrons. The number of benzene rings is 1. The first-order valence-corrected chi connectivity index (χ1v) is 6.92. The molecule has 0 saturated carbocycles. The Kier molecular flexibility index (Phi) is 4.14. The summed E-state index contributed by atoms with van der Waals surface area (Å²) in [4.78, 5) is 4.30. The van der Waals surface area contributed by atoms with Crippen LogP contribution in [-0.2, 0) is 0 Å². The number of pyridine rings is 1. The van der Waals surface area contributed by atoms with E-state index >= 15 is 0 Å². The number of nitrogen functional groups attached to an aromatic ring is 1. The van der Waals surface area contributed by atoms with Crippen LogP contribution in [0.25, 0.3) is 10.9 Å². The first-order valence-electron chi connectivity index (χ1n) is 6.92. The molecule has 0 saturated heterocycles. The minimum absolute atomic E-state index is 0.117. The van der Waals surface area contributed by atoms with Crippen molar-refractivity contribution in [1.82, 2.24) is 4.98 Å². The van der Waals surface area contributed by atoms with E-state index in [1.54, 1.807) is 6.20 Å². The number of hydrogen-bond donors (Lipinski definition) is 3. The van der Waals surface area contributed by atoms with Crippen LogP contribution >= 0.6 is 0 Å². The third-order valence-electron chi connectivity index (χ3n) is 3.18. The molecule has 0 bridgehead atoms. The lowest BCUT2D eigenvalue weighted by molar-refractivity contribution is 0.132. The molecule has 0 fully saturated rings. The largest absolute Gasteiger partial charge is 0.397 e. The third kappa shape index (κ3) is 3.61. The number of nitrogens with zero attached hydrogens (tertiary/aromatic N) is 1. The summed E-state index contributed by atoms with van der Waals surface area (Å²) in [5.41, 5.74) is 8.46. The zero-order valence-electron chi connectivity index (χ0n) is 12.4. The van der Waals surface area contributed by atoms with Crippen molar-refractivity contribution in [2.45, 2.75) is 33.3 Å². The molecule has 0 amide bonds. The summed E-state index contributed by atoms with van der Waals surface area (Å²) < 4.78 is 0. The maximum atomic E-state index is 10.1. The summed E-state index contributed by atoms with van der Waals surface area (Å²) >= 11 is 0. The number of hydrogen-bond acceptors (Lipinski definition) is 4. The van der Waals surface area contributed by atoms with Gasteiger partial charge in [0, 0.05) is 23.8 Å². The third-order valence-corrected chi connectivity index (χ3v) is 3.18. The lowest BCUT2D eigenvalue weighted by atomic mass is 9.89. The summed E-state index contributed by atoms with van der Waals surface area (Å²) in [6.07, 6.45) is 2.11. The van der Waals surface area contributed by atoms with E-state index in [0.29, 0.717) is 12.2 Å². The zero-order valence-corrected chi connectivity index (χ0v) is 12.4. The van der Waals surface area contributed by atoms with Crippen molar-refractivity contribution in [3.63, 3.8) is 0 Å². The first kappa shape index (κ1) is 14.6. The van der Waals surface area contributed by atoms with Gasteiger partial charge in [-0.05, 0) is 36.1 Å². The predicted octanol–water partition coefficient (Wildman–Crippen LogP) is 3.03. The van der Waals surface area contributed by atoms with Gasteiger partial charge in [-0.25, -0.2) is 0 Å². The summed E-state index contributed by atoms with van der Waals surface area (Å²) in [6.45, 7) is 6.89. The predicted molar refractivity (Wildman–Crippen MR) is 84.7 cm³/mol. The van der Waals surface area contributed by atoms with Gasteiger partial charge in [0.2, 0.25) is 0 Å². The molecule has 108 valence electrons. The standard InChI is InChI=1S/C16H23N3O/c1-16(2,3)9-11(20)10-19-14-7-6-13(17)15-12(14)5-4-8-18-15/h4-8,11,19-20H,9-10,17H2,1-3H3. The smallest absolute Gasteiger partial charge is 0.0951 e. The van der Waals surface area contributed by atoms with Crippen LogP contribution in [0.4, 0.5) is 11.4 Å². The Labute approximate surface area is 120 Å². The average Bonchev–Trinajstić information content (AvgIpc) is 2.36. The van der Waals surface area contributed by atoms with Crippen molar-refractivity contribution in [1.29, 1.82) is 0 Å². The van der Waals surface area contributed by atoms with Crippen LogP contribution in [-0.4, -0.2) is 22.7 Å². The lowest BCUT2D eigenvalue weighted by Gasteiger charge is -2.23. The van der Waals surface area contributed by atoms with Gasteiger partial charge in [-0.1, -0.05) is 20.8 Å². The fraction of sp³-hybridized carbons (Fsp3) is 0.438. The van der Waals surface area contributed by atoms with Gasteiger partial charge in [-0.3, -0.25) is 4.98 Å². The number of aliphatic hydroxyl groups is 1. The molecule has 2 rings (SSSR count). The fourth-order valence-electron chi connectivity index (χ4n) is 2.36. The Balaban J connectivity index is 2.13. The average molecular weight is 273 g/mol. The molecule has 20 heavy (non-hydrogen) atoms. The van der Waals surface area contributed by atoms with Gasteiger partial charge in [0.25, 0.3) is 0 Å². The van der Waals surface area contributed by atoms with Crippen LogP contribution in [0.15, 0.2) is 30.5 Å². The van der Waals surface area contributed by atoms with E-state index in [4.69, 9.17) is 5.73 Å². The van der Waals surface area contributed by atoms with Crippen molar-refractivity contribution in [3.8, 4) is 0 Å². The molecule has 1 aromatic heterocycles. The number of nitrogens with two attached hydrogens (primary N) is 1. The summed E-state index contributed by atoms with van der Waals surface area (Å²) in [5.74, 6) is 0. The molecular formula is C16H23N3O. The van der Waals surface area contributed by atoms with E-state index in [-0.39, 0.29) is 11.5 Å². The molecule has 4 heteroatoms. The fourth-order valence-corrected chi connectivity index (χ4v) is 2.36. The summed E-state index contributed by atoms with van der Waals surface area (Å²) in [7, 11) is 0. The number of nitrogens with one attached hydrogen (secondary N) is 1. The van der Waals surface area contributed by atoms with E-state index in [1.165, 1.54) is 0 Å². The highest BCUT2D eigenvalue weighted by Gasteiger charge is 2.16. The Morgan fingerprint density at radius 2 is 2.05 bits per heavy atom. The van der Waals surface area contributed by atoms with E-state index in [1.807, 2.05) is 24.3 Å². The second-order valence-corrected chi connectivity index (χ2v) is 6.40. The van der Waals surface area contributed by atoms with Gasteiger partial charge in [0.1, 0.15) is 0 Å². The summed E-state index contributed by atoms with van der Waals surface area (Å²) in [5, 5.41) is 14.3. The number of anilines is 2. The molecule has 1 heterocycles. The van der Waals surface area contributed by atoms with Gasteiger partial charge in [0.05, 0.1) is 17.3 Å². The van der Waals surface area contributed by atoms with Crippen LogP contribution < -0.4 is 11.1 Å². The molecule has 0 aliphatic heterocycles. The number of aromatic nitrogens is 1. The monoisotopic (exact) mass is 273 g/mol. The lowest BCUT2D eigenvalue weighted by Crippen LogP contribution is -2.25. The maximum absolute atomic E-state index is 10.1. The second kappa shape index (κ2) is 5.67. The van der Waals surface area contributed by atoms with Crippen molar-refractivity contribution in [3.05, 3.63) is 30.5 Å². The van der Waals surface area contributed by atoms with Gasteiger partial charge in [0.15, 0.2) is 0 Å². The molecule has 4 N–H and O–H groups in total. The van der Waals surface area contributed by atoms with E-state index < -0.39 is 0 Å². The number of aliphatic hydroxyl groups excluding tert-OH is 1. The first-order chi connectivity index (χ1) is 9.37. The quantitative estimate of drug-likeness (QED) is 0.749. The van der Waals surface area contributed by atoms with E-state index in [2.05, 4.69) is 31.1 Å². The van der Waals surface area contributed by atoms with Crippen molar-refractivity contribution in [2.24, 2.45) is 5.41 Å². The molecule has 1 aromatic carbocycles. The molecule has 2 aromatic rings. The Morgan fingerprint density at radius 3 is 2.75 bits per heavy atom. The highest BCUT2D eigenvalue weighted by atomic mass is 16.3. The molecule has 4 nitrogen and oxygen atoms in total. The highest BCUT2D eigenvalue weighted by molar-refractivity contribution is 5.98. The van der Waals surface area contributed by atoms with E-state index in [9.17, 15) is 5.11 Å². The normalized spacial score (nSPS) is 13.4. The highest BCUT2D eigenvalue weighted by Crippen LogP contribution is 2.27. The van der Waals surface area contributed by atoms with Crippen LogP contribution in [0.1, 0.15) is 27.2 Å². The Hall–Kier alpha value is -1.81. The van der Waals surface area contributed by atoms with Gasteiger partial charge in [-0.15, -0.1) is 0 Å². The zero-order chi connectivity index (χ0) is 14.8. The van der Waals surface area contributed by atoms with Crippen LogP contribution in [0.2, 0.25) is 0 Å². The van der Waals surface area contributed by atoms with Crippen LogP contribution in [0, 0.1) is 5.41 Å². The topological polar surface area (TPSA) is 71.2 Å². The molecule has 0 aliphatic rings. The maximum Gasteiger partial charge on any atom is 0.0951 e. The number of rotatable bonds is 4. The van der Waals surface area contributed by atoms with Crippen molar-refractivity contribution in [2.75, 3.05) is 17.6 Å². The minimum atomic E-state index is -0.376. The minimum Gasteiger partial charge on any atom is -0.397 e. The van der Waals surface area contributed by atoms with Gasteiger partial charge in [-0.2, -0.15) is 0 Å². The summed E-state index contributed by atoms with van der Waals surface area (Å²) in [6, 6.07) is 7.65. The molecule has 0 spiro atoms. The molecule has 0 aliphatic carbocycles. The van der Waals surface area contributed by atoms with Crippen molar-refractivity contribution < 1.29 is 5.11 Å². The van der Waals surface area contributed by atoms with Crippen LogP contribution in [0.5, 0.6) is 0 Å². The number of fused-ring (bicyclic) bond motifs is 1. The molecule has 1 atom stereocenters. The molecular weight excluding hydrogens is 250 g/mol. The molecule has 1 unspecified atom stereocenters. The van der Waals surface area contributed by atoms with Crippen molar-refractivity contribution >= 4 is 22.3 Å². The SMILES string of the molecule is CC(C)(C)CC(O)CNc1ccc(N)c2ncccc12. The second-order valence-electron chi connectivity index (χ2n) is 6.40. The van der Waals surface area contributed by atoms with E-state index in [0.717, 1.165) is 23.0 Å². The van der Waals surface area contributed by atoms with Gasteiger partial charge < -0.3 is 16.2 Å². The van der Waals surface area contributed by atoms with Gasteiger partial charge >= 0.3 is 0 Å².